The zero-order valence-electron chi connectivity index (χ0n) is 16.0. The van der Waals surface area contributed by atoms with Gasteiger partial charge >= 0.3 is 0 Å². The van der Waals surface area contributed by atoms with Crippen molar-refractivity contribution >= 4 is 28.1 Å². The monoisotopic (exact) mass is 409 g/mol. The number of hydrogen-bond donors (Lipinski definition) is 1. The molecular weight excluding hydrogens is 390 g/mol. The first-order chi connectivity index (χ1) is 13.9. The molecule has 1 amide bonds. The third kappa shape index (κ3) is 3.07. The summed E-state index contributed by atoms with van der Waals surface area (Å²) in [6.07, 6.45) is 2.14. The molecule has 3 aromatic rings. The van der Waals surface area contributed by atoms with Crippen LogP contribution in [0.1, 0.15) is 29.2 Å². The highest BCUT2D eigenvalue weighted by atomic mass is 32.1. The summed E-state index contributed by atoms with van der Waals surface area (Å²) >= 11 is 1.39. The van der Waals surface area contributed by atoms with E-state index < -0.39 is 0 Å². The van der Waals surface area contributed by atoms with Gasteiger partial charge in [0.1, 0.15) is 17.2 Å². The van der Waals surface area contributed by atoms with Crippen molar-refractivity contribution < 1.29 is 14.4 Å². The van der Waals surface area contributed by atoms with Gasteiger partial charge < -0.3 is 20.2 Å². The number of ether oxygens (including phenoxy) is 1. The van der Waals surface area contributed by atoms with Crippen molar-refractivity contribution in [1.29, 1.82) is 0 Å². The molecule has 0 atom stereocenters. The zero-order chi connectivity index (χ0) is 20.2. The van der Waals surface area contributed by atoms with Crippen molar-refractivity contribution in [3.8, 4) is 17.0 Å². The summed E-state index contributed by atoms with van der Waals surface area (Å²) in [6.45, 7) is 5.12. The van der Waals surface area contributed by atoms with Crippen molar-refractivity contribution in [2.75, 3.05) is 18.1 Å². The summed E-state index contributed by atoms with van der Waals surface area (Å²) in [4.78, 5) is 20.6. The topological polar surface area (TPSA) is 94.3 Å². The van der Waals surface area contributed by atoms with Crippen LogP contribution >= 0.6 is 11.3 Å². The minimum atomic E-state index is -0.312. The molecule has 148 valence electrons. The molecule has 2 aliphatic rings. The fourth-order valence-electron chi connectivity index (χ4n) is 3.72. The fourth-order valence-corrected chi connectivity index (χ4v) is 4.74. The molecule has 0 radical (unpaired) electrons. The Balaban J connectivity index is 1.57. The Kier molecular flexibility index (Phi) is 3.95. The maximum Gasteiger partial charge on any atom is 0.263 e. The first-order valence-corrected chi connectivity index (χ1v) is 10.1. The maximum atomic E-state index is 12.5. The van der Waals surface area contributed by atoms with Crippen molar-refractivity contribution in [3.05, 3.63) is 52.3 Å². The van der Waals surface area contributed by atoms with E-state index in [1.807, 2.05) is 32.0 Å². The maximum absolute atomic E-state index is 12.5. The lowest BCUT2D eigenvalue weighted by molar-refractivity contribution is -0.658. The van der Waals surface area contributed by atoms with Gasteiger partial charge in [0.25, 0.3) is 11.6 Å². The van der Waals surface area contributed by atoms with Gasteiger partial charge in [0, 0.05) is 23.1 Å². The number of nitrogens with one attached hydrogen (secondary N) is 1. The molecule has 0 aliphatic carbocycles. The second-order valence-corrected chi connectivity index (χ2v) is 8.73. The summed E-state index contributed by atoms with van der Waals surface area (Å²) < 4.78 is 5.81. The zero-order valence-corrected chi connectivity index (χ0v) is 16.8. The van der Waals surface area contributed by atoms with Gasteiger partial charge in [-0.05, 0) is 38.1 Å². The minimum absolute atomic E-state index is 0.0787. The van der Waals surface area contributed by atoms with Gasteiger partial charge in [-0.1, -0.05) is 16.2 Å². The van der Waals surface area contributed by atoms with Crippen LogP contribution in [0.5, 0.6) is 5.75 Å². The van der Waals surface area contributed by atoms with Crippen molar-refractivity contribution in [3.63, 3.8) is 0 Å². The van der Waals surface area contributed by atoms with Crippen LogP contribution in [0.3, 0.4) is 0 Å². The molecule has 8 nitrogen and oxygen atoms in total. The van der Waals surface area contributed by atoms with E-state index in [0.717, 1.165) is 27.8 Å². The Morgan fingerprint density at radius 1 is 1.34 bits per heavy atom. The Labute approximate surface area is 171 Å². The SMILES string of the molecule is CC1(C)Cc2nc(N3CCOc4ccc(-c5cccn[n+]5[O-])cc43)sc2C(=O)N1. The molecule has 9 heteroatoms. The molecule has 4 heterocycles. The van der Waals surface area contributed by atoms with Gasteiger partial charge in [0.05, 0.1) is 29.7 Å². The predicted octanol–water partition coefficient (Wildman–Crippen LogP) is 2.43. The number of carbonyl (C=O) groups is 1. The second-order valence-electron chi connectivity index (χ2n) is 7.75. The first-order valence-electron chi connectivity index (χ1n) is 9.33. The van der Waals surface area contributed by atoms with Crippen LogP contribution in [-0.4, -0.2) is 34.7 Å². The molecule has 0 spiro atoms. The minimum Gasteiger partial charge on any atom is -0.594 e. The fraction of sp³-hybridized carbons (Fsp3) is 0.300. The molecule has 0 unspecified atom stereocenters. The highest BCUT2D eigenvalue weighted by Gasteiger charge is 2.35. The molecular formula is C20H19N5O3S. The van der Waals surface area contributed by atoms with Crippen LogP contribution in [0.25, 0.3) is 11.3 Å². The Morgan fingerprint density at radius 3 is 3.03 bits per heavy atom. The summed E-state index contributed by atoms with van der Waals surface area (Å²) in [6, 6.07) is 9.06. The Morgan fingerprint density at radius 2 is 2.21 bits per heavy atom. The van der Waals surface area contributed by atoms with Gasteiger partial charge in [0.15, 0.2) is 5.13 Å². The molecule has 1 N–H and O–H groups in total. The van der Waals surface area contributed by atoms with Gasteiger partial charge in [-0.2, -0.15) is 0 Å². The highest BCUT2D eigenvalue weighted by molar-refractivity contribution is 7.17. The number of hydrogen-bond acceptors (Lipinski definition) is 7. The van der Waals surface area contributed by atoms with Crippen LogP contribution in [0.4, 0.5) is 10.8 Å². The summed E-state index contributed by atoms with van der Waals surface area (Å²) in [7, 11) is 0. The third-order valence-corrected chi connectivity index (χ3v) is 6.14. The summed E-state index contributed by atoms with van der Waals surface area (Å²) in [5.41, 5.74) is 2.53. The van der Waals surface area contributed by atoms with Crippen LogP contribution in [-0.2, 0) is 6.42 Å². The Bertz CT molecular complexity index is 1130. The van der Waals surface area contributed by atoms with Crippen molar-refractivity contribution in [2.24, 2.45) is 0 Å². The number of carbonyl (C=O) groups excluding carboxylic acids is 1. The lowest BCUT2D eigenvalue weighted by Crippen LogP contribution is -2.48. The number of benzene rings is 1. The molecule has 2 aromatic heterocycles. The number of rotatable bonds is 2. The van der Waals surface area contributed by atoms with Crippen LogP contribution in [0.2, 0.25) is 0 Å². The number of anilines is 2. The van der Waals surface area contributed by atoms with Crippen LogP contribution < -0.4 is 19.8 Å². The first kappa shape index (κ1) is 17.9. The molecule has 0 bridgehead atoms. The average molecular weight is 409 g/mol. The van der Waals surface area contributed by atoms with E-state index in [4.69, 9.17) is 9.72 Å². The summed E-state index contributed by atoms with van der Waals surface area (Å²) in [5, 5.41) is 19.6. The van der Waals surface area contributed by atoms with Gasteiger partial charge in [-0.3, -0.25) is 4.79 Å². The Hall–Kier alpha value is -3.20. The average Bonchev–Trinajstić information content (AvgIpc) is 3.10. The largest absolute Gasteiger partial charge is 0.594 e. The van der Waals surface area contributed by atoms with Gasteiger partial charge in [0.2, 0.25) is 0 Å². The third-order valence-electron chi connectivity index (χ3n) is 5.02. The number of amides is 1. The van der Waals surface area contributed by atoms with E-state index in [1.54, 1.807) is 12.1 Å². The molecule has 2 aliphatic heterocycles. The lowest BCUT2D eigenvalue weighted by atomic mass is 9.94. The van der Waals surface area contributed by atoms with Gasteiger partial charge in [-0.15, -0.1) is 0 Å². The molecule has 0 saturated carbocycles. The van der Waals surface area contributed by atoms with Crippen molar-refractivity contribution in [1.82, 2.24) is 15.4 Å². The lowest BCUT2D eigenvalue weighted by Gasteiger charge is -2.29. The molecule has 5 rings (SSSR count). The van der Waals surface area contributed by atoms with E-state index >= 15 is 0 Å². The quantitative estimate of drug-likeness (QED) is 0.516. The van der Waals surface area contributed by atoms with E-state index in [0.29, 0.717) is 35.0 Å². The smallest absolute Gasteiger partial charge is 0.263 e. The molecule has 1 aromatic carbocycles. The standard InChI is InChI=1S/C20H19N5O3S/c1-20(2)11-13-17(18(26)23-20)29-19(22-13)24-8-9-28-16-6-5-12(10-15(16)24)14-4-3-7-21-25(14)27/h3-7,10H,8-9,11H2,1-2H3,(H,23,26). The normalized spacial score (nSPS) is 17.2. The number of aromatic nitrogens is 3. The van der Waals surface area contributed by atoms with Crippen molar-refractivity contribution in [2.45, 2.75) is 25.8 Å². The van der Waals surface area contributed by atoms with Crippen LogP contribution in [0, 0.1) is 5.21 Å². The second kappa shape index (κ2) is 6.41. The van der Waals surface area contributed by atoms with Gasteiger partial charge in [-0.25, -0.2) is 4.98 Å². The van der Waals surface area contributed by atoms with E-state index in [2.05, 4.69) is 15.3 Å². The predicted molar refractivity (Wildman–Crippen MR) is 108 cm³/mol. The van der Waals surface area contributed by atoms with E-state index in [-0.39, 0.29) is 11.4 Å². The molecule has 0 saturated heterocycles. The van der Waals surface area contributed by atoms with Crippen LogP contribution in [0.15, 0.2) is 36.5 Å². The highest BCUT2D eigenvalue weighted by Crippen LogP contribution is 2.42. The molecule has 29 heavy (non-hydrogen) atoms. The number of nitrogens with zero attached hydrogens (tertiary/aromatic N) is 4. The number of thiazole rings is 1. The van der Waals surface area contributed by atoms with E-state index in [9.17, 15) is 10.0 Å². The van der Waals surface area contributed by atoms with E-state index in [1.165, 1.54) is 17.5 Å². The molecule has 0 fully saturated rings. The summed E-state index contributed by atoms with van der Waals surface area (Å²) in [5.74, 6) is 0.643. The number of fused-ring (bicyclic) bond motifs is 2.